The van der Waals surface area contributed by atoms with Crippen LogP contribution in [0, 0.1) is 23.6 Å². The SMILES string of the molecule is CC(=O)OC(CC[C@H]1C(=O)N(c2ccc(CCCN(C)S(C)(=O)=O)cc2)[C@@H]1c1ccc(C#CCCCCOCc2ccccc2)cc1)c1ccc(F)cc1. The number of benzene rings is 4. The van der Waals surface area contributed by atoms with Gasteiger partial charge in [0.1, 0.15) is 11.9 Å². The molecule has 5 rings (SSSR count). The fourth-order valence-electron chi connectivity index (χ4n) is 6.61. The summed E-state index contributed by atoms with van der Waals surface area (Å²) < 4.78 is 49.9. The highest BCUT2D eigenvalue weighted by molar-refractivity contribution is 7.88. The Labute approximate surface area is 319 Å². The third-order valence-electron chi connectivity index (χ3n) is 9.66. The number of carbonyl (C=O) groups is 2. The number of halogens is 1. The molecule has 4 aromatic rings. The molecule has 284 valence electrons. The van der Waals surface area contributed by atoms with Crippen molar-refractivity contribution in [3.05, 3.63) is 137 Å². The van der Waals surface area contributed by atoms with Crippen LogP contribution in [0.1, 0.15) is 85.4 Å². The molecule has 1 saturated heterocycles. The summed E-state index contributed by atoms with van der Waals surface area (Å²) >= 11 is 0. The number of hydrogen-bond donors (Lipinski definition) is 0. The molecule has 0 bridgehead atoms. The quantitative estimate of drug-likeness (QED) is 0.0441. The predicted octanol–water partition coefficient (Wildman–Crippen LogP) is 8.18. The zero-order valence-electron chi connectivity index (χ0n) is 31.2. The molecule has 0 radical (unpaired) electrons. The molecule has 8 nitrogen and oxygen atoms in total. The lowest BCUT2D eigenvalue weighted by Gasteiger charge is -2.48. The van der Waals surface area contributed by atoms with Crippen molar-refractivity contribution in [3.8, 4) is 11.8 Å². The van der Waals surface area contributed by atoms with Gasteiger partial charge in [-0.3, -0.25) is 9.59 Å². The van der Waals surface area contributed by atoms with Crippen molar-refractivity contribution in [2.24, 2.45) is 5.92 Å². The van der Waals surface area contributed by atoms with Gasteiger partial charge in [0.05, 0.1) is 24.8 Å². The summed E-state index contributed by atoms with van der Waals surface area (Å²) in [5, 5.41) is 0. The molecule has 3 atom stereocenters. The first-order chi connectivity index (χ1) is 26.0. The van der Waals surface area contributed by atoms with Gasteiger partial charge in [0.25, 0.3) is 0 Å². The van der Waals surface area contributed by atoms with E-state index in [0.29, 0.717) is 51.0 Å². The zero-order valence-corrected chi connectivity index (χ0v) is 32.1. The Hall–Kier alpha value is -4.82. The molecule has 54 heavy (non-hydrogen) atoms. The van der Waals surface area contributed by atoms with E-state index in [-0.39, 0.29) is 23.7 Å². The lowest BCUT2D eigenvalue weighted by molar-refractivity contribution is -0.147. The normalized spacial score (nSPS) is 16.0. The third-order valence-corrected chi connectivity index (χ3v) is 11.0. The average molecular weight is 753 g/mol. The van der Waals surface area contributed by atoms with E-state index in [4.69, 9.17) is 9.47 Å². The molecule has 10 heteroatoms. The summed E-state index contributed by atoms with van der Waals surface area (Å²) in [6.07, 6.45) is 5.47. The molecule has 0 aliphatic carbocycles. The van der Waals surface area contributed by atoms with Gasteiger partial charge >= 0.3 is 5.97 Å². The van der Waals surface area contributed by atoms with Crippen LogP contribution in [0.5, 0.6) is 0 Å². The zero-order chi connectivity index (χ0) is 38.5. The van der Waals surface area contributed by atoms with Crippen molar-refractivity contribution in [3.63, 3.8) is 0 Å². The van der Waals surface area contributed by atoms with E-state index < -0.39 is 22.1 Å². The first kappa shape index (κ1) is 40.4. The Balaban J connectivity index is 1.24. The largest absolute Gasteiger partial charge is 0.458 e. The molecular formula is C44H49FN2O6S. The number of β-lactam (4-membered cyclic amide) rings is 1. The Morgan fingerprint density at radius 3 is 2.28 bits per heavy atom. The van der Waals surface area contributed by atoms with Gasteiger partial charge in [-0.1, -0.05) is 78.6 Å². The second-order valence-electron chi connectivity index (χ2n) is 13.8. The number of hydrogen-bond acceptors (Lipinski definition) is 6. The highest BCUT2D eigenvalue weighted by Gasteiger charge is 2.48. The van der Waals surface area contributed by atoms with Crippen LogP contribution in [0.3, 0.4) is 0 Å². The summed E-state index contributed by atoms with van der Waals surface area (Å²) in [5.74, 6) is 5.31. The highest BCUT2D eigenvalue weighted by Crippen LogP contribution is 2.46. The second kappa shape index (κ2) is 19.5. The third kappa shape index (κ3) is 11.6. The number of esters is 1. The van der Waals surface area contributed by atoms with Crippen molar-refractivity contribution in [2.45, 2.75) is 70.6 Å². The van der Waals surface area contributed by atoms with E-state index in [9.17, 15) is 22.4 Å². The van der Waals surface area contributed by atoms with E-state index in [1.165, 1.54) is 35.2 Å². The molecule has 1 aliphatic rings. The maximum absolute atomic E-state index is 13.9. The van der Waals surface area contributed by atoms with Crippen LogP contribution >= 0.6 is 0 Å². The number of carbonyl (C=O) groups excluding carboxylic acids is 2. The minimum Gasteiger partial charge on any atom is -0.458 e. The minimum atomic E-state index is -3.23. The highest BCUT2D eigenvalue weighted by atomic mass is 32.2. The number of amides is 1. The molecule has 1 amide bonds. The van der Waals surface area contributed by atoms with Crippen LogP contribution < -0.4 is 4.90 Å². The maximum Gasteiger partial charge on any atom is 0.303 e. The Morgan fingerprint density at radius 1 is 0.907 bits per heavy atom. The predicted molar refractivity (Wildman–Crippen MR) is 209 cm³/mol. The molecule has 0 N–H and O–H groups in total. The van der Waals surface area contributed by atoms with E-state index in [2.05, 4.69) is 24.0 Å². The fraction of sp³-hybridized carbons (Fsp3) is 0.364. The average Bonchev–Trinajstić information content (AvgIpc) is 3.15. The number of rotatable bonds is 18. The van der Waals surface area contributed by atoms with Gasteiger partial charge < -0.3 is 14.4 Å². The molecule has 0 spiro atoms. The van der Waals surface area contributed by atoms with Gasteiger partial charge in [0.15, 0.2) is 0 Å². The standard InChI is InChI=1S/C44H49FN2O6S/c1-33(48)53-42(37-22-24-39(45)25-23-37)29-28-41-43(47(44(41)49)40-26-18-35(19-27-40)15-11-30-46(2)54(3,50)51)38-20-16-34(17-21-38)12-7-4-5-10-31-52-32-36-13-8-6-9-14-36/h6,8-9,13-14,16-27,41-43H,4-5,10-11,15,28-32H2,1-3H3/t41-,42?,43-/m1/s1. The number of aryl methyl sites for hydroxylation is 1. The molecule has 1 aliphatic heterocycles. The summed E-state index contributed by atoms with van der Waals surface area (Å²) in [6.45, 7) is 3.07. The Bertz CT molecular complexity index is 1990. The van der Waals surface area contributed by atoms with Gasteiger partial charge in [-0.2, -0.15) is 0 Å². The molecular weight excluding hydrogens is 704 g/mol. The number of sulfonamides is 1. The van der Waals surface area contributed by atoms with Crippen molar-refractivity contribution < 1.29 is 31.9 Å². The van der Waals surface area contributed by atoms with Crippen LogP contribution in [-0.2, 0) is 42.1 Å². The smallest absolute Gasteiger partial charge is 0.303 e. The van der Waals surface area contributed by atoms with E-state index >= 15 is 0 Å². The van der Waals surface area contributed by atoms with Gasteiger partial charge in [0.2, 0.25) is 15.9 Å². The molecule has 1 unspecified atom stereocenters. The van der Waals surface area contributed by atoms with Gasteiger partial charge in [-0.15, -0.1) is 0 Å². The lowest BCUT2D eigenvalue weighted by Crippen LogP contribution is -2.55. The van der Waals surface area contributed by atoms with E-state index in [1.54, 1.807) is 19.2 Å². The van der Waals surface area contributed by atoms with Gasteiger partial charge in [0, 0.05) is 44.8 Å². The van der Waals surface area contributed by atoms with Gasteiger partial charge in [-0.25, -0.2) is 17.1 Å². The molecule has 1 fully saturated rings. The molecule has 0 aromatic heterocycles. The summed E-state index contributed by atoms with van der Waals surface area (Å²) in [4.78, 5) is 27.7. The molecule has 0 saturated carbocycles. The first-order valence-electron chi connectivity index (χ1n) is 18.5. The fourth-order valence-corrected chi connectivity index (χ4v) is 7.07. The van der Waals surface area contributed by atoms with Crippen LogP contribution in [0.4, 0.5) is 10.1 Å². The van der Waals surface area contributed by atoms with Crippen molar-refractivity contribution in [1.82, 2.24) is 4.31 Å². The minimum absolute atomic E-state index is 0.0279. The van der Waals surface area contributed by atoms with E-state index in [1.807, 2.05) is 71.6 Å². The van der Waals surface area contributed by atoms with Crippen molar-refractivity contribution in [1.29, 1.82) is 0 Å². The number of ether oxygens (including phenoxy) is 2. The summed E-state index contributed by atoms with van der Waals surface area (Å²) in [6, 6.07) is 31.6. The lowest BCUT2D eigenvalue weighted by atomic mass is 9.78. The van der Waals surface area contributed by atoms with Crippen molar-refractivity contribution in [2.75, 3.05) is 31.4 Å². The first-order valence-corrected chi connectivity index (χ1v) is 20.3. The van der Waals surface area contributed by atoms with Crippen LogP contribution in [-0.4, -0.2) is 51.1 Å². The molecule has 1 heterocycles. The number of nitrogens with zero attached hydrogens (tertiary/aromatic N) is 2. The van der Waals surface area contributed by atoms with E-state index in [0.717, 1.165) is 41.6 Å². The van der Waals surface area contributed by atoms with Crippen LogP contribution in [0.2, 0.25) is 0 Å². The van der Waals surface area contributed by atoms with Crippen molar-refractivity contribution >= 4 is 27.6 Å². The molecule has 4 aromatic carbocycles. The second-order valence-corrected chi connectivity index (χ2v) is 15.8. The monoisotopic (exact) mass is 752 g/mol. The summed E-state index contributed by atoms with van der Waals surface area (Å²) in [5.41, 5.74) is 5.52. The van der Waals surface area contributed by atoms with Crippen LogP contribution in [0.15, 0.2) is 103 Å². The number of unbranched alkanes of at least 4 members (excludes halogenated alkanes) is 2. The van der Waals surface area contributed by atoms with Crippen LogP contribution in [0.25, 0.3) is 0 Å². The Morgan fingerprint density at radius 2 is 1.61 bits per heavy atom. The topological polar surface area (TPSA) is 93.2 Å². The Kier molecular flexibility index (Phi) is 14.6. The number of anilines is 1. The maximum atomic E-state index is 13.9. The summed E-state index contributed by atoms with van der Waals surface area (Å²) in [7, 11) is -1.66. The van der Waals surface area contributed by atoms with Gasteiger partial charge in [-0.05, 0) is 97.2 Å².